The predicted octanol–water partition coefficient (Wildman–Crippen LogP) is 4.88. The molecule has 0 spiro atoms. The van der Waals surface area contributed by atoms with E-state index in [4.69, 9.17) is 20.8 Å². The minimum Gasteiger partial charge on any atom is -0.482 e. The van der Waals surface area contributed by atoms with E-state index in [1.54, 1.807) is 17.0 Å². The van der Waals surface area contributed by atoms with Crippen molar-refractivity contribution in [3.05, 3.63) is 74.6 Å². The molecule has 1 N–H and O–H groups in total. The number of halogens is 1. The Hall–Kier alpha value is -2.83. The summed E-state index contributed by atoms with van der Waals surface area (Å²) in [6.45, 7) is 2.81. The van der Waals surface area contributed by atoms with Gasteiger partial charge in [-0.05, 0) is 43.4 Å². The van der Waals surface area contributed by atoms with Crippen LogP contribution in [-0.4, -0.2) is 41.2 Å². The second kappa shape index (κ2) is 9.67. The number of carbonyl (C=O) groups is 1. The van der Waals surface area contributed by atoms with Gasteiger partial charge in [0.25, 0.3) is 5.91 Å². The fraction of sp³-hybridized carbons (Fsp3) is 0.429. The topological polar surface area (TPSA) is 80.0 Å². The van der Waals surface area contributed by atoms with Gasteiger partial charge in [-0.2, -0.15) is 0 Å². The van der Waals surface area contributed by atoms with Crippen LogP contribution in [-0.2, 0) is 11.2 Å². The summed E-state index contributed by atoms with van der Waals surface area (Å²) < 4.78 is 11.4. The van der Waals surface area contributed by atoms with Crippen molar-refractivity contribution in [2.45, 2.75) is 51.0 Å². The van der Waals surface area contributed by atoms with Crippen LogP contribution in [0.4, 0.5) is 0 Å². The third-order valence-corrected chi connectivity index (χ3v) is 7.99. The number of aryl methyl sites for hydroxylation is 1. The monoisotopic (exact) mass is 495 g/mol. The molecule has 1 saturated heterocycles. The lowest BCUT2D eigenvalue weighted by atomic mass is 9.71. The first-order valence-corrected chi connectivity index (χ1v) is 12.6. The molecule has 1 amide bonds. The molecule has 5 rings (SSSR count). The maximum atomic E-state index is 12.9. The van der Waals surface area contributed by atoms with Crippen LogP contribution in [0.5, 0.6) is 5.75 Å². The van der Waals surface area contributed by atoms with Crippen LogP contribution in [0.3, 0.4) is 0 Å². The average Bonchev–Trinajstić information content (AvgIpc) is 2.86. The standard InChI is InChI=1S/C28H30ClNO5/c1-18-21-14-23(29)25(15-24(21)35-27(32)22(18)13-19-7-3-2-4-8-19)34-17-26(31)30-12-11-28(33)10-6-5-9-20(28)16-30/h2-4,7-8,14-15,20,33H,5-6,9-13,16-17H2,1H3. The molecular weight excluding hydrogens is 466 g/mol. The van der Waals surface area contributed by atoms with Gasteiger partial charge in [0.1, 0.15) is 11.3 Å². The first-order valence-electron chi connectivity index (χ1n) is 12.3. The van der Waals surface area contributed by atoms with E-state index in [2.05, 4.69) is 0 Å². The molecule has 7 heteroatoms. The molecule has 2 aliphatic rings. The number of rotatable bonds is 5. The lowest BCUT2D eigenvalue weighted by Crippen LogP contribution is -2.55. The van der Waals surface area contributed by atoms with E-state index >= 15 is 0 Å². The number of piperidine rings is 1. The van der Waals surface area contributed by atoms with E-state index in [1.165, 1.54) is 0 Å². The first-order chi connectivity index (χ1) is 16.8. The van der Waals surface area contributed by atoms with Crippen molar-refractivity contribution in [1.82, 2.24) is 4.90 Å². The molecule has 184 valence electrons. The van der Waals surface area contributed by atoms with Crippen molar-refractivity contribution >= 4 is 28.5 Å². The molecule has 2 fully saturated rings. The van der Waals surface area contributed by atoms with Gasteiger partial charge < -0.3 is 19.2 Å². The number of hydrogen-bond donors (Lipinski definition) is 1. The van der Waals surface area contributed by atoms with Gasteiger partial charge in [-0.1, -0.05) is 54.8 Å². The summed E-state index contributed by atoms with van der Waals surface area (Å²) in [6, 6.07) is 13.1. The van der Waals surface area contributed by atoms with E-state index in [0.29, 0.717) is 47.8 Å². The molecule has 0 radical (unpaired) electrons. The molecule has 1 aliphatic carbocycles. The third kappa shape index (κ3) is 4.82. The lowest BCUT2D eigenvalue weighted by Gasteiger charge is -2.47. The Balaban J connectivity index is 1.31. The zero-order valence-electron chi connectivity index (χ0n) is 19.9. The molecule has 0 bridgehead atoms. The molecule has 2 heterocycles. The van der Waals surface area contributed by atoms with Gasteiger partial charge in [-0.3, -0.25) is 4.79 Å². The third-order valence-electron chi connectivity index (χ3n) is 7.70. The fourth-order valence-corrected chi connectivity index (χ4v) is 5.75. The van der Waals surface area contributed by atoms with E-state index in [9.17, 15) is 14.7 Å². The largest absolute Gasteiger partial charge is 0.482 e. The zero-order valence-corrected chi connectivity index (χ0v) is 20.6. The number of amides is 1. The summed E-state index contributed by atoms with van der Waals surface area (Å²) in [4.78, 5) is 27.4. The van der Waals surface area contributed by atoms with Gasteiger partial charge in [0, 0.05) is 42.4 Å². The first kappa shape index (κ1) is 23.9. The predicted molar refractivity (Wildman–Crippen MR) is 135 cm³/mol. The summed E-state index contributed by atoms with van der Waals surface area (Å²) in [5.74, 6) is 0.294. The van der Waals surface area contributed by atoms with Crippen LogP contribution in [0.1, 0.15) is 48.8 Å². The minimum absolute atomic E-state index is 0.125. The van der Waals surface area contributed by atoms with Crippen LogP contribution in [0.25, 0.3) is 11.0 Å². The molecule has 6 nitrogen and oxygen atoms in total. The Morgan fingerprint density at radius 3 is 2.83 bits per heavy atom. The normalized spacial score (nSPS) is 22.1. The summed E-state index contributed by atoms with van der Waals surface area (Å²) in [7, 11) is 0. The van der Waals surface area contributed by atoms with Crippen LogP contribution in [0.2, 0.25) is 5.02 Å². The molecular formula is C28H30ClNO5. The molecule has 35 heavy (non-hydrogen) atoms. The number of ether oxygens (including phenoxy) is 1. The summed E-state index contributed by atoms with van der Waals surface area (Å²) >= 11 is 6.50. The highest BCUT2D eigenvalue weighted by Crippen LogP contribution is 2.40. The number of hydrogen-bond acceptors (Lipinski definition) is 5. The highest BCUT2D eigenvalue weighted by Gasteiger charge is 2.43. The van der Waals surface area contributed by atoms with Crippen molar-refractivity contribution in [3.63, 3.8) is 0 Å². The Morgan fingerprint density at radius 2 is 2.03 bits per heavy atom. The van der Waals surface area contributed by atoms with E-state index in [-0.39, 0.29) is 18.4 Å². The Bertz CT molecular complexity index is 1300. The fourth-order valence-electron chi connectivity index (χ4n) is 5.53. The van der Waals surface area contributed by atoms with Crippen LogP contribution >= 0.6 is 11.6 Å². The molecule has 2 aromatic carbocycles. The summed E-state index contributed by atoms with van der Waals surface area (Å²) in [6.07, 6.45) is 4.99. The number of nitrogens with zero attached hydrogens (tertiary/aromatic N) is 1. The van der Waals surface area contributed by atoms with Gasteiger partial charge >= 0.3 is 5.63 Å². The van der Waals surface area contributed by atoms with E-state index in [0.717, 1.165) is 42.2 Å². The van der Waals surface area contributed by atoms with E-state index < -0.39 is 11.2 Å². The highest BCUT2D eigenvalue weighted by atomic mass is 35.5. The number of fused-ring (bicyclic) bond motifs is 2. The average molecular weight is 496 g/mol. The Morgan fingerprint density at radius 1 is 1.23 bits per heavy atom. The SMILES string of the molecule is Cc1c(Cc2ccccc2)c(=O)oc2cc(OCC(=O)N3CCC4(O)CCCCC4C3)c(Cl)cc12. The maximum absolute atomic E-state index is 12.9. The number of benzene rings is 2. The second-order valence-corrected chi connectivity index (χ2v) is 10.3. The molecule has 2 unspecified atom stereocenters. The second-order valence-electron chi connectivity index (χ2n) is 9.86. The zero-order chi connectivity index (χ0) is 24.6. The van der Waals surface area contributed by atoms with Crippen LogP contribution in [0, 0.1) is 12.8 Å². The highest BCUT2D eigenvalue weighted by molar-refractivity contribution is 6.32. The van der Waals surface area contributed by atoms with Gasteiger partial charge in [0.15, 0.2) is 6.61 Å². The van der Waals surface area contributed by atoms with Crippen molar-refractivity contribution in [1.29, 1.82) is 0 Å². The number of likely N-dealkylation sites (tertiary alicyclic amines) is 1. The van der Waals surface area contributed by atoms with Gasteiger partial charge in [-0.25, -0.2) is 4.79 Å². The molecule has 1 aliphatic heterocycles. The smallest absolute Gasteiger partial charge is 0.340 e. The minimum atomic E-state index is -0.633. The van der Waals surface area contributed by atoms with Crippen molar-refractivity contribution in [2.24, 2.45) is 5.92 Å². The molecule has 1 aromatic heterocycles. The van der Waals surface area contributed by atoms with Crippen molar-refractivity contribution in [2.75, 3.05) is 19.7 Å². The van der Waals surface area contributed by atoms with Crippen molar-refractivity contribution in [3.8, 4) is 5.75 Å². The Labute approximate surface area is 209 Å². The van der Waals surface area contributed by atoms with Gasteiger partial charge in [-0.15, -0.1) is 0 Å². The molecule has 2 atom stereocenters. The summed E-state index contributed by atoms with van der Waals surface area (Å²) in [5.41, 5.74) is 1.79. The van der Waals surface area contributed by atoms with Crippen LogP contribution < -0.4 is 10.4 Å². The lowest BCUT2D eigenvalue weighted by molar-refractivity contribution is -0.145. The quantitative estimate of drug-likeness (QED) is 0.510. The van der Waals surface area contributed by atoms with E-state index in [1.807, 2.05) is 37.3 Å². The molecule has 3 aromatic rings. The van der Waals surface area contributed by atoms with Crippen LogP contribution in [0.15, 0.2) is 51.7 Å². The summed E-state index contributed by atoms with van der Waals surface area (Å²) in [5, 5.41) is 12.0. The van der Waals surface area contributed by atoms with Gasteiger partial charge in [0.2, 0.25) is 0 Å². The van der Waals surface area contributed by atoms with Crippen molar-refractivity contribution < 1.29 is 19.1 Å². The Kier molecular flexibility index (Phi) is 6.60. The number of aliphatic hydroxyl groups is 1. The maximum Gasteiger partial charge on any atom is 0.340 e. The number of carbonyl (C=O) groups excluding carboxylic acids is 1. The molecule has 1 saturated carbocycles. The van der Waals surface area contributed by atoms with Gasteiger partial charge in [0.05, 0.1) is 10.6 Å².